The van der Waals surface area contributed by atoms with Gasteiger partial charge in [-0.2, -0.15) is 14.6 Å². The number of terminal acetylenes is 1. The van der Waals surface area contributed by atoms with E-state index in [1.807, 2.05) is 0 Å². The summed E-state index contributed by atoms with van der Waals surface area (Å²) in [5.74, 6) is 1.39. The Morgan fingerprint density at radius 3 is 2.47 bits per heavy atom. The average Bonchev–Trinajstić information content (AvgIpc) is 3.23. The molecule has 9 heteroatoms. The SMILES string of the molecule is C#Cc1cnn2c(NC3CCC(N4CCOCC4)CC3)nc(-c3c(F)cccc3F)nc12. The van der Waals surface area contributed by atoms with Crippen molar-refractivity contribution in [2.24, 2.45) is 0 Å². The largest absolute Gasteiger partial charge is 0.379 e. The number of morpholine rings is 1. The number of nitrogens with one attached hydrogen (secondary N) is 1. The summed E-state index contributed by atoms with van der Waals surface area (Å²) in [4.78, 5) is 11.3. The van der Waals surface area contributed by atoms with E-state index >= 15 is 0 Å². The molecule has 1 aliphatic heterocycles. The maximum absolute atomic E-state index is 14.4. The molecule has 0 atom stereocenters. The number of anilines is 1. The van der Waals surface area contributed by atoms with Gasteiger partial charge in [0.25, 0.3) is 0 Å². The van der Waals surface area contributed by atoms with Crippen molar-refractivity contribution in [1.82, 2.24) is 24.5 Å². The number of fused-ring (bicyclic) bond motifs is 1. The summed E-state index contributed by atoms with van der Waals surface area (Å²) in [6.45, 7) is 3.55. The van der Waals surface area contributed by atoms with Gasteiger partial charge in [-0.05, 0) is 37.8 Å². The van der Waals surface area contributed by atoms with Gasteiger partial charge in [0.15, 0.2) is 11.5 Å². The lowest BCUT2D eigenvalue weighted by molar-refractivity contribution is 0.00789. The Bertz CT molecular complexity index is 1140. The fourth-order valence-electron chi connectivity index (χ4n) is 4.61. The molecule has 1 N–H and O–H groups in total. The van der Waals surface area contributed by atoms with Gasteiger partial charge in [-0.3, -0.25) is 4.90 Å². The Balaban J connectivity index is 1.42. The molecule has 0 spiro atoms. The summed E-state index contributed by atoms with van der Waals surface area (Å²) in [6.07, 6.45) is 11.1. The van der Waals surface area contributed by atoms with Crippen LogP contribution in [0.15, 0.2) is 24.4 Å². The fraction of sp³-hybridized carbons (Fsp3) is 0.435. The number of nitrogens with zero attached hydrogens (tertiary/aromatic N) is 5. The van der Waals surface area contributed by atoms with Crippen LogP contribution in [0.25, 0.3) is 17.0 Å². The van der Waals surface area contributed by atoms with Crippen molar-refractivity contribution in [3.8, 4) is 23.7 Å². The zero-order chi connectivity index (χ0) is 22.1. The molecule has 7 nitrogen and oxygen atoms in total. The van der Waals surface area contributed by atoms with Gasteiger partial charge in [-0.15, -0.1) is 6.42 Å². The van der Waals surface area contributed by atoms with E-state index in [4.69, 9.17) is 11.2 Å². The number of halogens is 2. The molecule has 3 heterocycles. The van der Waals surface area contributed by atoms with Gasteiger partial charge < -0.3 is 10.1 Å². The van der Waals surface area contributed by atoms with Crippen LogP contribution in [0.2, 0.25) is 0 Å². The third-order valence-corrected chi connectivity index (χ3v) is 6.30. The third-order valence-electron chi connectivity index (χ3n) is 6.30. The number of rotatable bonds is 4. The molecule has 2 aliphatic rings. The van der Waals surface area contributed by atoms with Crippen LogP contribution in [0.1, 0.15) is 31.2 Å². The van der Waals surface area contributed by atoms with E-state index in [9.17, 15) is 8.78 Å². The summed E-state index contributed by atoms with van der Waals surface area (Å²) in [5.41, 5.74) is 0.493. The second kappa shape index (κ2) is 8.81. The van der Waals surface area contributed by atoms with E-state index in [1.54, 1.807) is 0 Å². The van der Waals surface area contributed by atoms with Crippen LogP contribution >= 0.6 is 0 Å². The first kappa shape index (κ1) is 20.8. The molecule has 166 valence electrons. The van der Waals surface area contributed by atoms with Crippen LogP contribution in [0.3, 0.4) is 0 Å². The van der Waals surface area contributed by atoms with Gasteiger partial charge >= 0.3 is 0 Å². The van der Waals surface area contributed by atoms with Gasteiger partial charge in [-0.25, -0.2) is 13.8 Å². The van der Waals surface area contributed by atoms with Gasteiger partial charge in [0.2, 0.25) is 5.95 Å². The lowest BCUT2D eigenvalue weighted by Gasteiger charge is -2.38. The molecule has 2 aromatic heterocycles. The highest BCUT2D eigenvalue weighted by Crippen LogP contribution is 2.28. The molecule has 32 heavy (non-hydrogen) atoms. The lowest BCUT2D eigenvalue weighted by Crippen LogP contribution is -2.46. The predicted octanol–water partition coefficient (Wildman–Crippen LogP) is 3.11. The number of hydrogen-bond acceptors (Lipinski definition) is 6. The second-order valence-corrected chi connectivity index (χ2v) is 8.20. The summed E-state index contributed by atoms with van der Waals surface area (Å²) in [5, 5.41) is 7.73. The lowest BCUT2D eigenvalue weighted by atomic mass is 9.90. The molecular weight excluding hydrogens is 414 g/mol. The van der Waals surface area contributed by atoms with E-state index < -0.39 is 11.6 Å². The number of aromatic nitrogens is 4. The zero-order valence-corrected chi connectivity index (χ0v) is 17.6. The number of ether oxygens (including phenoxy) is 1. The van der Waals surface area contributed by atoms with E-state index in [1.165, 1.54) is 28.9 Å². The molecule has 1 aliphatic carbocycles. The van der Waals surface area contributed by atoms with Crippen molar-refractivity contribution in [3.05, 3.63) is 41.6 Å². The number of benzene rings is 1. The Morgan fingerprint density at radius 2 is 1.78 bits per heavy atom. The minimum Gasteiger partial charge on any atom is -0.379 e. The molecule has 2 fully saturated rings. The van der Waals surface area contributed by atoms with E-state index in [-0.39, 0.29) is 17.4 Å². The molecular formula is C23H24F2N6O. The normalized spacial score (nSPS) is 22.0. The van der Waals surface area contributed by atoms with Crippen LogP contribution in [-0.2, 0) is 4.74 Å². The quantitative estimate of drug-likeness (QED) is 0.632. The van der Waals surface area contributed by atoms with Gasteiger partial charge in [0.05, 0.1) is 30.5 Å². The van der Waals surface area contributed by atoms with Gasteiger partial charge in [-0.1, -0.05) is 12.0 Å². The zero-order valence-electron chi connectivity index (χ0n) is 17.6. The van der Waals surface area contributed by atoms with Crippen LogP contribution in [0.5, 0.6) is 0 Å². The molecule has 0 amide bonds. The van der Waals surface area contributed by atoms with E-state index in [0.29, 0.717) is 23.2 Å². The van der Waals surface area contributed by atoms with Crippen LogP contribution in [0, 0.1) is 24.0 Å². The molecule has 0 bridgehead atoms. The maximum atomic E-state index is 14.4. The first-order valence-electron chi connectivity index (χ1n) is 10.9. The van der Waals surface area contributed by atoms with Crippen molar-refractivity contribution < 1.29 is 13.5 Å². The number of hydrogen-bond donors (Lipinski definition) is 1. The van der Waals surface area contributed by atoms with E-state index in [0.717, 1.165) is 52.0 Å². The Morgan fingerprint density at radius 1 is 1.06 bits per heavy atom. The second-order valence-electron chi connectivity index (χ2n) is 8.20. The Kier molecular flexibility index (Phi) is 5.72. The van der Waals surface area contributed by atoms with Crippen molar-refractivity contribution in [2.75, 3.05) is 31.6 Å². The standard InChI is InChI=1S/C23H24F2N6O/c1-2-15-14-26-31-22(15)28-21(20-18(24)4-3-5-19(20)25)29-23(31)27-16-6-8-17(9-7-16)30-10-12-32-13-11-30/h1,3-5,14,16-17H,6-13H2,(H,27,28,29). The van der Waals surface area contributed by atoms with Crippen molar-refractivity contribution >= 4 is 11.6 Å². The highest BCUT2D eigenvalue weighted by molar-refractivity contribution is 5.65. The van der Waals surface area contributed by atoms with Crippen LogP contribution in [-0.4, -0.2) is 62.9 Å². The van der Waals surface area contributed by atoms with Crippen LogP contribution in [0.4, 0.5) is 14.7 Å². The van der Waals surface area contributed by atoms with Gasteiger partial charge in [0.1, 0.15) is 11.6 Å². The summed E-state index contributed by atoms with van der Waals surface area (Å²) in [6, 6.07) is 4.41. The minimum atomic E-state index is -0.729. The molecule has 0 unspecified atom stereocenters. The van der Waals surface area contributed by atoms with Gasteiger partial charge in [0, 0.05) is 25.2 Å². The molecule has 0 radical (unpaired) electrons. The Labute approximate surface area is 184 Å². The molecule has 1 saturated heterocycles. The highest BCUT2D eigenvalue weighted by Gasteiger charge is 2.28. The highest BCUT2D eigenvalue weighted by atomic mass is 19.1. The smallest absolute Gasteiger partial charge is 0.228 e. The predicted molar refractivity (Wildman–Crippen MR) is 116 cm³/mol. The molecule has 1 aromatic carbocycles. The molecule has 1 saturated carbocycles. The Hall–Kier alpha value is -3.09. The maximum Gasteiger partial charge on any atom is 0.228 e. The fourth-order valence-corrected chi connectivity index (χ4v) is 4.61. The van der Waals surface area contributed by atoms with Crippen molar-refractivity contribution in [2.45, 2.75) is 37.8 Å². The minimum absolute atomic E-state index is 0.0606. The van der Waals surface area contributed by atoms with E-state index in [2.05, 4.69) is 31.2 Å². The van der Waals surface area contributed by atoms with Crippen molar-refractivity contribution in [1.29, 1.82) is 0 Å². The first-order valence-corrected chi connectivity index (χ1v) is 10.9. The first-order chi connectivity index (χ1) is 15.6. The summed E-state index contributed by atoms with van der Waals surface area (Å²) < 4.78 is 35.8. The third kappa shape index (κ3) is 3.92. The van der Waals surface area contributed by atoms with Crippen molar-refractivity contribution in [3.63, 3.8) is 0 Å². The summed E-state index contributed by atoms with van der Waals surface area (Å²) >= 11 is 0. The molecule has 3 aromatic rings. The topological polar surface area (TPSA) is 67.6 Å². The van der Waals surface area contributed by atoms with Crippen LogP contribution < -0.4 is 5.32 Å². The average molecular weight is 438 g/mol. The monoisotopic (exact) mass is 438 g/mol. The summed E-state index contributed by atoms with van der Waals surface area (Å²) in [7, 11) is 0. The molecule has 5 rings (SSSR count).